The second-order valence-electron chi connectivity index (χ2n) is 6.49. The van der Waals surface area contributed by atoms with Gasteiger partial charge in [-0.1, -0.05) is 60.5 Å². The van der Waals surface area contributed by atoms with E-state index in [9.17, 15) is 13.0 Å². The van der Waals surface area contributed by atoms with Crippen LogP contribution in [0.5, 0.6) is 0 Å². The van der Waals surface area contributed by atoms with Crippen LogP contribution in [0, 0.1) is 13.8 Å². The fourth-order valence-electron chi connectivity index (χ4n) is 2.57. The lowest BCUT2D eigenvalue weighted by Crippen LogP contribution is -2.08. The van der Waals surface area contributed by atoms with Crippen LogP contribution < -0.4 is 0 Å². The Morgan fingerprint density at radius 1 is 0.750 bits per heavy atom. The molecule has 0 radical (unpaired) electrons. The molecule has 0 heterocycles. The second kappa shape index (κ2) is 10.5. The molecule has 3 aromatic rings. The lowest BCUT2D eigenvalue weighted by molar-refractivity contribution is 0.463. The van der Waals surface area contributed by atoms with Crippen molar-refractivity contribution in [2.45, 2.75) is 41.9 Å². The summed E-state index contributed by atoms with van der Waals surface area (Å²) in [5.74, 6) is 1.24. The summed E-state index contributed by atoms with van der Waals surface area (Å²) in [6, 6.07) is 25.6. The van der Waals surface area contributed by atoms with E-state index in [1.807, 2.05) is 6.92 Å². The van der Waals surface area contributed by atoms with E-state index in [1.54, 1.807) is 12.1 Å². The molecule has 1 unspecified atom stereocenters. The molecule has 0 spiro atoms. The lowest BCUT2D eigenvalue weighted by Gasteiger charge is -2.07. The minimum absolute atomic E-state index is 0.178. The standard InChI is InChI=1S/C16H19S.C7H8O3S/c1-3-13-17(15-7-5-4-6-8-15)16-11-9-14(2)10-12-16;1-6-2-4-7(5-3-6)11(8,9)10/h4-12H,3,13H2,1-2H3;2-5H,1H3,(H,8,9,10)/q+1;/p-1. The van der Waals surface area contributed by atoms with Crippen molar-refractivity contribution in [3.63, 3.8) is 0 Å². The summed E-state index contributed by atoms with van der Waals surface area (Å²) in [4.78, 5) is 2.74. The third kappa shape index (κ3) is 6.82. The molecule has 0 N–H and O–H groups in total. The minimum atomic E-state index is -4.27. The Hall–Kier alpha value is -2.08. The zero-order chi connectivity index (χ0) is 20.6. The van der Waals surface area contributed by atoms with E-state index in [0.717, 1.165) is 5.56 Å². The van der Waals surface area contributed by atoms with Gasteiger partial charge in [0.25, 0.3) is 0 Å². The van der Waals surface area contributed by atoms with Gasteiger partial charge in [0.1, 0.15) is 15.9 Å². The van der Waals surface area contributed by atoms with Gasteiger partial charge in [0.15, 0.2) is 9.79 Å². The molecular formula is C23H26O3S2. The highest BCUT2D eigenvalue weighted by atomic mass is 32.2. The number of hydrogen-bond donors (Lipinski definition) is 0. The van der Waals surface area contributed by atoms with Crippen molar-refractivity contribution in [1.82, 2.24) is 0 Å². The van der Waals surface area contributed by atoms with Crippen molar-refractivity contribution in [3.8, 4) is 0 Å². The van der Waals surface area contributed by atoms with Gasteiger partial charge >= 0.3 is 0 Å². The van der Waals surface area contributed by atoms with E-state index in [4.69, 9.17) is 0 Å². The van der Waals surface area contributed by atoms with Crippen LogP contribution in [0.25, 0.3) is 0 Å². The Morgan fingerprint density at radius 3 is 1.68 bits per heavy atom. The first-order valence-electron chi connectivity index (χ1n) is 9.16. The van der Waals surface area contributed by atoms with E-state index < -0.39 is 10.1 Å². The van der Waals surface area contributed by atoms with Crippen LogP contribution in [0.1, 0.15) is 24.5 Å². The summed E-state index contributed by atoms with van der Waals surface area (Å²) in [7, 11) is -4.03. The maximum absolute atomic E-state index is 10.4. The van der Waals surface area contributed by atoms with Gasteiger partial charge in [-0.25, -0.2) is 8.42 Å². The largest absolute Gasteiger partial charge is 0.744 e. The SMILES string of the molecule is CCC[S+](c1ccccc1)c1ccc(C)cc1.Cc1ccc(S(=O)(=O)[O-])cc1. The Labute approximate surface area is 171 Å². The van der Waals surface area contributed by atoms with E-state index in [0.29, 0.717) is 0 Å². The van der Waals surface area contributed by atoms with Crippen LogP contribution in [0.4, 0.5) is 0 Å². The summed E-state index contributed by atoms with van der Waals surface area (Å²) >= 11 is 0. The molecule has 0 aliphatic carbocycles. The smallest absolute Gasteiger partial charge is 0.160 e. The van der Waals surface area contributed by atoms with Crippen molar-refractivity contribution in [2.24, 2.45) is 0 Å². The topological polar surface area (TPSA) is 57.2 Å². The molecule has 148 valence electrons. The summed E-state index contributed by atoms with van der Waals surface area (Å²) in [6.07, 6.45) is 1.23. The maximum Gasteiger partial charge on any atom is 0.160 e. The van der Waals surface area contributed by atoms with Crippen LogP contribution in [0.15, 0.2) is 93.5 Å². The molecule has 0 saturated carbocycles. The van der Waals surface area contributed by atoms with Crippen LogP contribution in [-0.4, -0.2) is 18.7 Å². The fraction of sp³-hybridized carbons (Fsp3) is 0.217. The first-order chi connectivity index (χ1) is 13.3. The first-order valence-corrected chi connectivity index (χ1v) is 12.0. The summed E-state index contributed by atoms with van der Waals surface area (Å²) in [5, 5.41) is 0. The summed E-state index contributed by atoms with van der Waals surface area (Å²) in [6.45, 7) is 6.22. The molecule has 28 heavy (non-hydrogen) atoms. The van der Waals surface area contributed by atoms with Crippen molar-refractivity contribution in [3.05, 3.63) is 90.0 Å². The second-order valence-corrected chi connectivity index (χ2v) is 10.0. The third-order valence-electron chi connectivity index (χ3n) is 4.05. The molecule has 0 bridgehead atoms. The van der Waals surface area contributed by atoms with E-state index in [1.165, 1.54) is 39.7 Å². The summed E-state index contributed by atoms with van der Waals surface area (Å²) < 4.78 is 31.2. The van der Waals surface area contributed by atoms with Gasteiger partial charge in [0.2, 0.25) is 0 Å². The Kier molecular flexibility index (Phi) is 8.30. The third-order valence-corrected chi connectivity index (χ3v) is 7.40. The number of aryl methyl sites for hydroxylation is 2. The van der Waals surface area contributed by atoms with Gasteiger partial charge in [-0.15, -0.1) is 0 Å². The molecule has 3 rings (SSSR count). The van der Waals surface area contributed by atoms with Gasteiger partial charge < -0.3 is 4.55 Å². The molecular weight excluding hydrogens is 388 g/mol. The average Bonchev–Trinajstić information content (AvgIpc) is 2.68. The monoisotopic (exact) mass is 414 g/mol. The zero-order valence-electron chi connectivity index (χ0n) is 16.5. The van der Waals surface area contributed by atoms with Gasteiger partial charge in [-0.2, -0.15) is 0 Å². The molecule has 0 saturated heterocycles. The maximum atomic E-state index is 10.4. The van der Waals surface area contributed by atoms with E-state index in [2.05, 4.69) is 68.4 Å². The molecule has 3 aromatic carbocycles. The predicted molar refractivity (Wildman–Crippen MR) is 116 cm³/mol. The molecule has 0 aromatic heterocycles. The average molecular weight is 415 g/mol. The number of hydrogen-bond acceptors (Lipinski definition) is 3. The fourth-order valence-corrected chi connectivity index (χ4v) is 5.14. The molecule has 3 nitrogen and oxygen atoms in total. The summed E-state index contributed by atoms with van der Waals surface area (Å²) in [5.41, 5.74) is 2.26. The van der Waals surface area contributed by atoms with Crippen LogP contribution >= 0.6 is 0 Å². The van der Waals surface area contributed by atoms with E-state index in [-0.39, 0.29) is 15.8 Å². The molecule has 1 atom stereocenters. The minimum Gasteiger partial charge on any atom is -0.744 e. The highest BCUT2D eigenvalue weighted by Gasteiger charge is 2.23. The molecule has 0 aliphatic heterocycles. The Bertz CT molecular complexity index is 949. The van der Waals surface area contributed by atoms with Gasteiger partial charge in [-0.3, -0.25) is 0 Å². The van der Waals surface area contributed by atoms with Crippen molar-refractivity contribution >= 4 is 21.0 Å². The van der Waals surface area contributed by atoms with Crippen LogP contribution in [-0.2, 0) is 21.0 Å². The predicted octanol–water partition coefficient (Wildman–Crippen LogP) is 5.34. The zero-order valence-corrected chi connectivity index (χ0v) is 18.1. The normalized spacial score (nSPS) is 12.0. The molecule has 0 fully saturated rings. The van der Waals surface area contributed by atoms with E-state index >= 15 is 0 Å². The molecule has 0 aliphatic rings. The molecule has 5 heteroatoms. The van der Waals surface area contributed by atoms with Gasteiger partial charge in [0, 0.05) is 0 Å². The molecule has 0 amide bonds. The number of rotatable bonds is 5. The number of benzene rings is 3. The highest BCUT2D eigenvalue weighted by Crippen LogP contribution is 2.24. The lowest BCUT2D eigenvalue weighted by atomic mass is 10.2. The van der Waals surface area contributed by atoms with Crippen LogP contribution in [0.2, 0.25) is 0 Å². The van der Waals surface area contributed by atoms with Crippen molar-refractivity contribution in [2.75, 3.05) is 5.75 Å². The van der Waals surface area contributed by atoms with Gasteiger partial charge in [-0.05, 0) is 56.7 Å². The Morgan fingerprint density at radius 2 is 1.21 bits per heavy atom. The van der Waals surface area contributed by atoms with Crippen molar-refractivity contribution in [1.29, 1.82) is 0 Å². The van der Waals surface area contributed by atoms with Crippen molar-refractivity contribution < 1.29 is 13.0 Å². The Balaban J connectivity index is 0.000000221. The van der Waals surface area contributed by atoms with Crippen LogP contribution in [0.3, 0.4) is 0 Å². The van der Waals surface area contributed by atoms with Gasteiger partial charge in [0.05, 0.1) is 15.8 Å². The highest BCUT2D eigenvalue weighted by molar-refractivity contribution is 7.97. The first kappa shape index (κ1) is 22.2. The quantitative estimate of drug-likeness (QED) is 0.418.